The zero-order valence-corrected chi connectivity index (χ0v) is 13.5. The summed E-state index contributed by atoms with van der Waals surface area (Å²) in [7, 11) is 0. The van der Waals surface area contributed by atoms with E-state index in [9.17, 15) is 0 Å². The van der Waals surface area contributed by atoms with E-state index in [0.717, 1.165) is 18.0 Å². The van der Waals surface area contributed by atoms with Gasteiger partial charge in [-0.25, -0.2) is 0 Å². The Morgan fingerprint density at radius 3 is 2.76 bits per heavy atom. The van der Waals surface area contributed by atoms with Crippen molar-refractivity contribution in [2.24, 2.45) is 0 Å². The van der Waals surface area contributed by atoms with Crippen LogP contribution >= 0.6 is 11.6 Å². The van der Waals surface area contributed by atoms with Crippen LogP contribution in [-0.4, -0.2) is 6.54 Å². The fourth-order valence-electron chi connectivity index (χ4n) is 3.34. The van der Waals surface area contributed by atoms with Crippen molar-refractivity contribution in [2.75, 3.05) is 6.54 Å². The highest BCUT2D eigenvalue weighted by Gasteiger charge is 2.28. The SMILES string of the molecule is CCNC(CC1Cc2ccccc21)c1ccc(C)cc1Cl. The van der Waals surface area contributed by atoms with Gasteiger partial charge in [0.2, 0.25) is 0 Å². The number of halogens is 1. The molecule has 2 unspecified atom stereocenters. The Hall–Kier alpha value is -1.31. The molecule has 110 valence electrons. The maximum absolute atomic E-state index is 6.46. The summed E-state index contributed by atoms with van der Waals surface area (Å²) in [5, 5.41) is 4.49. The molecule has 0 fully saturated rings. The average Bonchev–Trinajstić information content (AvgIpc) is 2.44. The van der Waals surface area contributed by atoms with E-state index in [0.29, 0.717) is 12.0 Å². The second-order valence-corrected chi connectivity index (χ2v) is 6.38. The van der Waals surface area contributed by atoms with Crippen LogP contribution in [0, 0.1) is 6.92 Å². The van der Waals surface area contributed by atoms with Gasteiger partial charge in [-0.2, -0.15) is 0 Å². The van der Waals surface area contributed by atoms with Crippen LogP contribution in [0.5, 0.6) is 0 Å². The molecule has 2 aromatic rings. The zero-order valence-electron chi connectivity index (χ0n) is 12.7. The molecule has 0 aromatic heterocycles. The van der Waals surface area contributed by atoms with Crippen molar-refractivity contribution < 1.29 is 0 Å². The quantitative estimate of drug-likeness (QED) is 0.816. The van der Waals surface area contributed by atoms with Crippen LogP contribution in [0.2, 0.25) is 5.02 Å². The predicted molar refractivity (Wildman–Crippen MR) is 90.1 cm³/mol. The predicted octanol–water partition coefficient (Wildman–Crippen LogP) is 5.03. The highest BCUT2D eigenvalue weighted by Crippen LogP contribution is 2.41. The molecule has 3 rings (SSSR count). The van der Waals surface area contributed by atoms with Crippen molar-refractivity contribution in [3.05, 3.63) is 69.7 Å². The topological polar surface area (TPSA) is 12.0 Å². The lowest BCUT2D eigenvalue weighted by molar-refractivity contribution is 0.436. The van der Waals surface area contributed by atoms with Crippen molar-refractivity contribution in [1.29, 1.82) is 0 Å². The van der Waals surface area contributed by atoms with Crippen LogP contribution in [0.15, 0.2) is 42.5 Å². The average molecular weight is 300 g/mol. The van der Waals surface area contributed by atoms with E-state index < -0.39 is 0 Å². The molecule has 0 heterocycles. The standard InChI is InChI=1S/C19H22ClN/c1-3-21-19(17-9-8-13(2)10-18(17)20)12-15-11-14-6-4-5-7-16(14)15/h4-10,15,19,21H,3,11-12H2,1-2H3. The van der Waals surface area contributed by atoms with E-state index in [1.165, 1.54) is 28.7 Å². The molecule has 0 saturated heterocycles. The first-order valence-corrected chi connectivity index (χ1v) is 8.14. The first-order chi connectivity index (χ1) is 10.2. The lowest BCUT2D eigenvalue weighted by Gasteiger charge is -2.33. The number of fused-ring (bicyclic) bond motifs is 1. The number of benzene rings is 2. The summed E-state index contributed by atoms with van der Waals surface area (Å²) in [6, 6.07) is 15.5. The maximum atomic E-state index is 6.46. The van der Waals surface area contributed by atoms with Crippen LogP contribution in [0.4, 0.5) is 0 Å². The Bertz CT molecular complexity index is 635. The summed E-state index contributed by atoms with van der Waals surface area (Å²) >= 11 is 6.46. The number of hydrogen-bond donors (Lipinski definition) is 1. The van der Waals surface area contributed by atoms with E-state index in [2.05, 4.69) is 61.6 Å². The van der Waals surface area contributed by atoms with Crippen molar-refractivity contribution in [3.8, 4) is 0 Å². The molecule has 1 aliphatic carbocycles. The number of nitrogens with one attached hydrogen (secondary N) is 1. The molecule has 0 radical (unpaired) electrons. The molecule has 0 saturated carbocycles. The summed E-state index contributed by atoms with van der Waals surface area (Å²) in [6.07, 6.45) is 2.31. The van der Waals surface area contributed by atoms with Gasteiger partial charge in [0.25, 0.3) is 0 Å². The van der Waals surface area contributed by atoms with Gasteiger partial charge in [0.15, 0.2) is 0 Å². The number of rotatable bonds is 5. The van der Waals surface area contributed by atoms with Gasteiger partial charge in [0.1, 0.15) is 0 Å². The smallest absolute Gasteiger partial charge is 0.0456 e. The lowest BCUT2D eigenvalue weighted by Crippen LogP contribution is -2.27. The van der Waals surface area contributed by atoms with Crippen molar-refractivity contribution in [3.63, 3.8) is 0 Å². The molecular weight excluding hydrogens is 278 g/mol. The van der Waals surface area contributed by atoms with Gasteiger partial charge in [0.05, 0.1) is 0 Å². The first-order valence-electron chi connectivity index (χ1n) is 7.76. The van der Waals surface area contributed by atoms with Crippen LogP contribution < -0.4 is 5.32 Å². The third-order valence-electron chi connectivity index (χ3n) is 4.46. The number of hydrogen-bond acceptors (Lipinski definition) is 1. The summed E-state index contributed by atoms with van der Waals surface area (Å²) in [5.74, 6) is 0.655. The molecule has 2 atom stereocenters. The van der Waals surface area contributed by atoms with Gasteiger partial charge in [-0.1, -0.05) is 54.9 Å². The van der Waals surface area contributed by atoms with Crippen molar-refractivity contribution >= 4 is 11.6 Å². The number of aryl methyl sites for hydroxylation is 1. The fourth-order valence-corrected chi connectivity index (χ4v) is 3.71. The molecule has 1 nitrogen and oxygen atoms in total. The van der Waals surface area contributed by atoms with Crippen LogP contribution in [0.1, 0.15) is 47.6 Å². The highest BCUT2D eigenvalue weighted by molar-refractivity contribution is 6.31. The van der Waals surface area contributed by atoms with Crippen molar-refractivity contribution in [1.82, 2.24) is 5.32 Å². The third-order valence-corrected chi connectivity index (χ3v) is 4.79. The first kappa shape index (κ1) is 14.6. The Morgan fingerprint density at radius 2 is 2.05 bits per heavy atom. The molecule has 21 heavy (non-hydrogen) atoms. The Kier molecular flexibility index (Phi) is 4.32. The molecule has 1 N–H and O–H groups in total. The normalized spacial score (nSPS) is 18.0. The Labute approximate surface area is 132 Å². The monoisotopic (exact) mass is 299 g/mol. The third kappa shape index (κ3) is 3.00. The van der Waals surface area contributed by atoms with E-state index in [4.69, 9.17) is 11.6 Å². The van der Waals surface area contributed by atoms with E-state index in [1.54, 1.807) is 0 Å². The van der Waals surface area contributed by atoms with Gasteiger partial charge in [0, 0.05) is 11.1 Å². The van der Waals surface area contributed by atoms with Crippen LogP contribution in [0.3, 0.4) is 0 Å². The minimum Gasteiger partial charge on any atom is -0.310 e. The molecule has 0 bridgehead atoms. The van der Waals surface area contributed by atoms with Gasteiger partial charge < -0.3 is 5.32 Å². The lowest BCUT2D eigenvalue weighted by atomic mass is 9.73. The second kappa shape index (κ2) is 6.21. The maximum Gasteiger partial charge on any atom is 0.0456 e. The molecule has 0 aliphatic heterocycles. The summed E-state index contributed by atoms with van der Waals surface area (Å²) in [6.45, 7) is 5.20. The van der Waals surface area contributed by atoms with Gasteiger partial charge in [-0.3, -0.25) is 0 Å². The largest absolute Gasteiger partial charge is 0.310 e. The molecular formula is C19H22ClN. The van der Waals surface area contributed by atoms with Crippen LogP contribution in [-0.2, 0) is 6.42 Å². The molecule has 2 aromatic carbocycles. The summed E-state index contributed by atoms with van der Waals surface area (Å²) < 4.78 is 0. The Morgan fingerprint density at radius 1 is 1.24 bits per heavy atom. The second-order valence-electron chi connectivity index (χ2n) is 5.97. The molecule has 1 aliphatic rings. The van der Waals surface area contributed by atoms with Gasteiger partial charge in [-0.15, -0.1) is 0 Å². The molecule has 2 heteroatoms. The van der Waals surface area contributed by atoms with Crippen LogP contribution in [0.25, 0.3) is 0 Å². The highest BCUT2D eigenvalue weighted by atomic mass is 35.5. The minimum atomic E-state index is 0.335. The summed E-state index contributed by atoms with van der Waals surface area (Å²) in [4.78, 5) is 0. The van der Waals surface area contributed by atoms with Gasteiger partial charge >= 0.3 is 0 Å². The van der Waals surface area contributed by atoms with E-state index in [-0.39, 0.29) is 0 Å². The minimum absolute atomic E-state index is 0.335. The molecule has 0 spiro atoms. The van der Waals surface area contributed by atoms with Crippen molar-refractivity contribution in [2.45, 2.75) is 38.6 Å². The van der Waals surface area contributed by atoms with E-state index in [1.807, 2.05) is 0 Å². The fraction of sp³-hybridized carbons (Fsp3) is 0.368. The molecule has 0 amide bonds. The summed E-state index contributed by atoms with van der Waals surface area (Å²) in [5.41, 5.74) is 5.47. The van der Waals surface area contributed by atoms with E-state index >= 15 is 0 Å². The van der Waals surface area contributed by atoms with Gasteiger partial charge in [-0.05, 0) is 60.5 Å². The zero-order chi connectivity index (χ0) is 14.8. The Balaban J connectivity index is 1.80.